The lowest BCUT2D eigenvalue weighted by Gasteiger charge is -2.32. The Labute approximate surface area is 217 Å². The molecule has 0 aliphatic carbocycles. The van der Waals surface area contributed by atoms with Crippen LogP contribution in [-0.4, -0.2) is 44.8 Å². The monoisotopic (exact) mass is 527 g/mol. The van der Waals surface area contributed by atoms with Crippen LogP contribution in [0.3, 0.4) is 0 Å². The number of nitrogens with zero attached hydrogens (tertiary/aromatic N) is 2. The molecule has 3 aromatic rings. The normalized spacial score (nSPS) is 12.0. The summed E-state index contributed by atoms with van der Waals surface area (Å²) >= 11 is 6.32. The van der Waals surface area contributed by atoms with Crippen molar-refractivity contribution in [1.82, 2.24) is 10.2 Å². The molecule has 0 unspecified atom stereocenters. The number of nitrogens with one attached hydrogen (secondary N) is 1. The zero-order valence-corrected chi connectivity index (χ0v) is 22.3. The van der Waals surface area contributed by atoms with Crippen molar-refractivity contribution in [2.24, 2.45) is 0 Å². The number of hydrogen-bond acceptors (Lipinski definition) is 4. The van der Waals surface area contributed by atoms with Gasteiger partial charge in [-0.05, 0) is 56.2 Å². The first kappa shape index (κ1) is 27.2. The van der Waals surface area contributed by atoms with Gasteiger partial charge in [-0.3, -0.25) is 13.9 Å². The second-order valence-electron chi connectivity index (χ2n) is 8.51. The van der Waals surface area contributed by atoms with Crippen molar-refractivity contribution in [3.63, 3.8) is 0 Å². The van der Waals surface area contributed by atoms with Gasteiger partial charge in [0.15, 0.2) is 0 Å². The lowest BCUT2D eigenvalue weighted by atomic mass is 10.1. The van der Waals surface area contributed by atoms with E-state index in [1.165, 1.54) is 24.1 Å². The van der Waals surface area contributed by atoms with Gasteiger partial charge in [0.25, 0.3) is 10.0 Å². The number of benzene rings is 3. The number of likely N-dealkylation sites (N-methyl/N-ethyl adjacent to an activating group) is 1. The topological polar surface area (TPSA) is 86.8 Å². The molecule has 0 heterocycles. The van der Waals surface area contributed by atoms with Crippen LogP contribution in [-0.2, 0) is 26.2 Å². The summed E-state index contributed by atoms with van der Waals surface area (Å²) in [5.74, 6) is -0.879. The smallest absolute Gasteiger partial charge is 0.264 e. The number of amides is 2. The van der Waals surface area contributed by atoms with E-state index in [2.05, 4.69) is 5.32 Å². The number of aryl methyl sites for hydroxylation is 1. The van der Waals surface area contributed by atoms with Crippen LogP contribution in [0.5, 0.6) is 0 Å². The van der Waals surface area contributed by atoms with Crippen LogP contribution in [0, 0.1) is 13.8 Å². The molecular weight excluding hydrogens is 498 g/mol. The minimum atomic E-state index is -4.14. The predicted molar refractivity (Wildman–Crippen MR) is 142 cm³/mol. The van der Waals surface area contributed by atoms with Gasteiger partial charge in [0.05, 0.1) is 10.6 Å². The number of carbonyl (C=O) groups excluding carboxylic acids is 2. The number of anilines is 1. The molecule has 1 N–H and O–H groups in total. The number of sulfonamides is 1. The fraction of sp³-hybridized carbons (Fsp3) is 0.259. The fourth-order valence-electron chi connectivity index (χ4n) is 3.79. The van der Waals surface area contributed by atoms with E-state index < -0.39 is 28.5 Å². The molecule has 0 saturated heterocycles. The molecule has 7 nitrogen and oxygen atoms in total. The Kier molecular flexibility index (Phi) is 8.76. The Morgan fingerprint density at radius 1 is 0.944 bits per heavy atom. The highest BCUT2D eigenvalue weighted by Crippen LogP contribution is 2.31. The summed E-state index contributed by atoms with van der Waals surface area (Å²) in [5, 5.41) is 2.95. The van der Waals surface area contributed by atoms with Gasteiger partial charge in [0, 0.05) is 18.6 Å². The molecule has 0 aromatic heterocycles. The van der Waals surface area contributed by atoms with Crippen LogP contribution < -0.4 is 9.62 Å². The first-order valence-electron chi connectivity index (χ1n) is 11.5. The Hall–Kier alpha value is -3.36. The molecule has 2 amide bonds. The van der Waals surface area contributed by atoms with Crippen molar-refractivity contribution in [3.8, 4) is 0 Å². The molecule has 0 aliphatic rings. The van der Waals surface area contributed by atoms with E-state index in [1.54, 1.807) is 44.2 Å². The van der Waals surface area contributed by atoms with Crippen LogP contribution in [0.25, 0.3) is 0 Å². The molecule has 190 valence electrons. The number of rotatable bonds is 9. The number of hydrogen-bond donors (Lipinski definition) is 1. The van der Waals surface area contributed by atoms with Crippen molar-refractivity contribution in [2.75, 3.05) is 17.9 Å². The lowest BCUT2D eigenvalue weighted by Crippen LogP contribution is -2.50. The molecular formula is C27H30ClN3O4S. The first-order chi connectivity index (χ1) is 17.1. The van der Waals surface area contributed by atoms with Crippen LogP contribution in [0.15, 0.2) is 77.7 Å². The fourth-order valence-corrected chi connectivity index (χ4v) is 5.43. The van der Waals surface area contributed by atoms with Gasteiger partial charge in [0.2, 0.25) is 11.8 Å². The van der Waals surface area contributed by atoms with Gasteiger partial charge in [0.1, 0.15) is 12.6 Å². The largest absolute Gasteiger partial charge is 0.357 e. The third kappa shape index (κ3) is 6.06. The SMILES string of the molecule is CNC(=O)[C@@H](C)N(Cc1ccccc1)C(=O)CN(c1cccc(Cl)c1C)S(=O)(=O)c1ccc(C)cc1. The predicted octanol–water partition coefficient (Wildman–Crippen LogP) is 4.32. The average Bonchev–Trinajstić information content (AvgIpc) is 2.87. The van der Waals surface area contributed by atoms with Crippen molar-refractivity contribution in [3.05, 3.63) is 94.5 Å². The van der Waals surface area contributed by atoms with E-state index in [9.17, 15) is 18.0 Å². The molecule has 1 atom stereocenters. The van der Waals surface area contributed by atoms with Crippen molar-refractivity contribution in [1.29, 1.82) is 0 Å². The quantitative estimate of drug-likeness (QED) is 0.449. The molecule has 36 heavy (non-hydrogen) atoms. The summed E-state index contributed by atoms with van der Waals surface area (Å²) in [5.41, 5.74) is 2.54. The second kappa shape index (κ2) is 11.6. The summed E-state index contributed by atoms with van der Waals surface area (Å²) in [6.45, 7) is 4.81. The van der Waals surface area contributed by atoms with Gasteiger partial charge < -0.3 is 10.2 Å². The molecule has 3 aromatic carbocycles. The minimum Gasteiger partial charge on any atom is -0.357 e. The van der Waals surface area contributed by atoms with E-state index in [0.29, 0.717) is 16.3 Å². The van der Waals surface area contributed by atoms with Crippen molar-refractivity contribution < 1.29 is 18.0 Å². The Balaban J connectivity index is 2.07. The van der Waals surface area contributed by atoms with E-state index in [1.807, 2.05) is 37.3 Å². The summed E-state index contributed by atoms with van der Waals surface area (Å²) in [6.07, 6.45) is 0. The molecule has 0 bridgehead atoms. The van der Waals surface area contributed by atoms with E-state index in [0.717, 1.165) is 15.4 Å². The van der Waals surface area contributed by atoms with Crippen LogP contribution in [0.1, 0.15) is 23.6 Å². The zero-order chi connectivity index (χ0) is 26.5. The summed E-state index contributed by atoms with van der Waals surface area (Å²) < 4.78 is 28.7. The lowest BCUT2D eigenvalue weighted by molar-refractivity contribution is -0.139. The highest BCUT2D eigenvalue weighted by molar-refractivity contribution is 7.92. The van der Waals surface area contributed by atoms with Gasteiger partial charge in [-0.2, -0.15) is 0 Å². The van der Waals surface area contributed by atoms with E-state index >= 15 is 0 Å². The maximum absolute atomic E-state index is 13.8. The molecule has 0 aliphatic heterocycles. The highest BCUT2D eigenvalue weighted by atomic mass is 35.5. The van der Waals surface area contributed by atoms with Crippen molar-refractivity contribution >= 4 is 39.1 Å². The van der Waals surface area contributed by atoms with Crippen LogP contribution in [0.4, 0.5) is 5.69 Å². The molecule has 0 saturated carbocycles. The summed E-state index contributed by atoms with van der Waals surface area (Å²) in [7, 11) is -2.64. The van der Waals surface area contributed by atoms with Crippen LogP contribution >= 0.6 is 11.6 Å². The minimum absolute atomic E-state index is 0.0502. The first-order valence-corrected chi connectivity index (χ1v) is 13.3. The highest BCUT2D eigenvalue weighted by Gasteiger charge is 2.33. The standard InChI is InChI=1S/C27H30ClN3O4S/c1-19-13-15-23(16-14-19)36(34,35)31(25-12-8-11-24(28)20(25)2)18-26(32)30(21(3)27(33)29-4)17-22-9-6-5-7-10-22/h5-16,21H,17-18H2,1-4H3,(H,29,33)/t21-/m1/s1. The average molecular weight is 528 g/mol. The Bertz CT molecular complexity index is 1330. The molecule has 9 heteroatoms. The Morgan fingerprint density at radius 3 is 2.19 bits per heavy atom. The second-order valence-corrected chi connectivity index (χ2v) is 10.8. The summed E-state index contributed by atoms with van der Waals surface area (Å²) in [4.78, 5) is 27.7. The van der Waals surface area contributed by atoms with E-state index in [4.69, 9.17) is 11.6 Å². The van der Waals surface area contributed by atoms with Gasteiger partial charge in [-0.25, -0.2) is 8.42 Å². The zero-order valence-electron chi connectivity index (χ0n) is 20.7. The Morgan fingerprint density at radius 2 is 1.58 bits per heavy atom. The van der Waals surface area contributed by atoms with Crippen molar-refractivity contribution in [2.45, 2.75) is 38.3 Å². The maximum atomic E-state index is 13.8. The number of carbonyl (C=O) groups is 2. The molecule has 0 fully saturated rings. The third-order valence-electron chi connectivity index (χ3n) is 6.01. The number of halogens is 1. The van der Waals surface area contributed by atoms with Crippen LogP contribution in [0.2, 0.25) is 5.02 Å². The van der Waals surface area contributed by atoms with E-state index in [-0.39, 0.29) is 17.3 Å². The molecule has 0 spiro atoms. The van der Waals surface area contributed by atoms with Gasteiger partial charge >= 0.3 is 0 Å². The molecule has 3 rings (SSSR count). The van der Waals surface area contributed by atoms with Gasteiger partial charge in [-0.15, -0.1) is 0 Å². The van der Waals surface area contributed by atoms with Gasteiger partial charge in [-0.1, -0.05) is 65.7 Å². The molecule has 0 radical (unpaired) electrons. The summed E-state index contributed by atoms with van der Waals surface area (Å²) in [6, 6.07) is 19.7. The maximum Gasteiger partial charge on any atom is 0.264 e. The third-order valence-corrected chi connectivity index (χ3v) is 8.19.